The van der Waals surface area contributed by atoms with Gasteiger partial charge in [0.2, 0.25) is 0 Å². The molecule has 0 amide bonds. The fraction of sp³-hybridized carbons (Fsp3) is 0.462. The zero-order valence-corrected chi connectivity index (χ0v) is 12.1. The predicted octanol–water partition coefficient (Wildman–Crippen LogP) is 2.43. The lowest BCUT2D eigenvalue weighted by atomic mass is 10.2. The Hall–Kier alpha value is -1.69. The Labute approximate surface area is 116 Å². The smallest absolute Gasteiger partial charge is 0.184 e. The van der Waals surface area contributed by atoms with Gasteiger partial charge >= 0.3 is 0 Å². The highest BCUT2D eigenvalue weighted by Gasteiger charge is 2.17. The summed E-state index contributed by atoms with van der Waals surface area (Å²) in [5.41, 5.74) is 0. The molecule has 0 aliphatic carbocycles. The van der Waals surface area contributed by atoms with Gasteiger partial charge < -0.3 is 4.74 Å². The number of hydrogen-bond donors (Lipinski definition) is 0. The fourth-order valence-corrected chi connectivity index (χ4v) is 2.61. The van der Waals surface area contributed by atoms with Crippen LogP contribution >= 0.6 is 11.3 Å². The second-order valence-corrected chi connectivity index (χ2v) is 5.59. The fourth-order valence-electron chi connectivity index (χ4n) is 1.81. The van der Waals surface area contributed by atoms with E-state index in [1.165, 1.54) is 17.7 Å². The second kappa shape index (κ2) is 5.97. The van der Waals surface area contributed by atoms with E-state index in [2.05, 4.69) is 23.9 Å². The average Bonchev–Trinajstić information content (AvgIpc) is 2.97. The Kier molecular flexibility index (Phi) is 4.31. The maximum absolute atomic E-state index is 12.2. The van der Waals surface area contributed by atoms with Crippen molar-refractivity contribution >= 4 is 17.1 Å². The third kappa shape index (κ3) is 3.20. The van der Waals surface area contributed by atoms with Crippen molar-refractivity contribution in [3.8, 4) is 5.75 Å². The van der Waals surface area contributed by atoms with E-state index in [1.807, 2.05) is 5.38 Å². The summed E-state index contributed by atoms with van der Waals surface area (Å²) in [6.07, 6.45) is 1.75. The van der Waals surface area contributed by atoms with Gasteiger partial charge in [-0.25, -0.2) is 9.67 Å². The van der Waals surface area contributed by atoms with Crippen molar-refractivity contribution in [3.05, 3.63) is 28.5 Å². The molecule has 102 valence electrons. The summed E-state index contributed by atoms with van der Waals surface area (Å²) in [4.78, 5) is 17.0. The average molecular weight is 279 g/mol. The molecule has 5 nitrogen and oxygen atoms in total. The number of Topliss-reactive ketones (excluding diaryl/α,β-unsaturated/α-hetero) is 1. The van der Waals surface area contributed by atoms with Crippen LogP contribution in [0.3, 0.4) is 0 Å². The minimum absolute atomic E-state index is 0.0184. The maximum atomic E-state index is 12.2. The minimum atomic E-state index is 0.0184. The Morgan fingerprint density at radius 2 is 2.32 bits per heavy atom. The van der Waals surface area contributed by atoms with E-state index >= 15 is 0 Å². The number of rotatable bonds is 6. The first-order valence-electron chi connectivity index (χ1n) is 6.13. The molecular weight excluding hydrogens is 262 g/mol. The van der Waals surface area contributed by atoms with Gasteiger partial charge in [0.15, 0.2) is 5.78 Å². The second-order valence-electron chi connectivity index (χ2n) is 4.67. The summed E-state index contributed by atoms with van der Waals surface area (Å²) in [5, 5.41) is 6.01. The van der Waals surface area contributed by atoms with Crippen LogP contribution in [0.25, 0.3) is 0 Å². The molecule has 0 aliphatic heterocycles. The summed E-state index contributed by atoms with van der Waals surface area (Å²) >= 11 is 1.39. The molecule has 0 aromatic carbocycles. The first kappa shape index (κ1) is 13.7. The first-order valence-corrected chi connectivity index (χ1v) is 7.01. The number of methoxy groups -OCH3 is 1. The molecule has 0 N–H and O–H groups in total. The standard InChI is InChI=1S/C13H17N3O2S/c1-9(2)7-16-12(14-8-15-16)6-10(17)13-11(18-3)4-5-19-13/h4-5,8-9H,6-7H2,1-3H3. The minimum Gasteiger partial charge on any atom is -0.495 e. The lowest BCUT2D eigenvalue weighted by Crippen LogP contribution is -2.14. The molecule has 2 aromatic rings. The third-order valence-corrected chi connectivity index (χ3v) is 3.59. The van der Waals surface area contributed by atoms with Crippen LogP contribution in [0.5, 0.6) is 5.75 Å². The maximum Gasteiger partial charge on any atom is 0.184 e. The van der Waals surface area contributed by atoms with Crippen molar-refractivity contribution in [1.29, 1.82) is 0 Å². The van der Waals surface area contributed by atoms with Crippen molar-refractivity contribution in [1.82, 2.24) is 14.8 Å². The quantitative estimate of drug-likeness (QED) is 0.762. The summed E-state index contributed by atoms with van der Waals surface area (Å²) in [7, 11) is 1.57. The highest BCUT2D eigenvalue weighted by Crippen LogP contribution is 2.25. The van der Waals surface area contributed by atoms with Gasteiger partial charge in [0.1, 0.15) is 22.8 Å². The van der Waals surface area contributed by atoms with E-state index in [4.69, 9.17) is 4.74 Å². The van der Waals surface area contributed by atoms with Crippen LogP contribution < -0.4 is 4.74 Å². The molecule has 19 heavy (non-hydrogen) atoms. The van der Waals surface area contributed by atoms with Crippen LogP contribution in [-0.4, -0.2) is 27.7 Å². The number of ether oxygens (including phenoxy) is 1. The van der Waals surface area contributed by atoms with Gasteiger partial charge in [-0.2, -0.15) is 5.10 Å². The summed E-state index contributed by atoms with van der Waals surface area (Å²) in [6.45, 7) is 4.98. The molecule has 0 fully saturated rings. The van der Waals surface area contributed by atoms with Crippen molar-refractivity contribution in [2.45, 2.75) is 26.8 Å². The zero-order valence-electron chi connectivity index (χ0n) is 11.3. The SMILES string of the molecule is COc1ccsc1C(=O)Cc1ncnn1CC(C)C. The summed E-state index contributed by atoms with van der Waals surface area (Å²) < 4.78 is 6.96. The Balaban J connectivity index is 2.13. The van der Waals surface area contributed by atoms with Gasteiger partial charge in [-0.05, 0) is 17.4 Å². The molecule has 0 saturated heterocycles. The molecule has 2 rings (SSSR count). The summed E-state index contributed by atoms with van der Waals surface area (Å²) in [6, 6.07) is 1.80. The van der Waals surface area contributed by atoms with E-state index in [0.29, 0.717) is 22.4 Å². The number of carbonyl (C=O) groups is 1. The molecule has 2 aromatic heterocycles. The van der Waals surface area contributed by atoms with Crippen LogP contribution in [0.4, 0.5) is 0 Å². The number of carbonyl (C=O) groups excluding carboxylic acids is 1. The highest BCUT2D eigenvalue weighted by molar-refractivity contribution is 7.12. The van der Waals surface area contributed by atoms with E-state index in [-0.39, 0.29) is 12.2 Å². The first-order chi connectivity index (χ1) is 9.11. The molecule has 0 unspecified atom stereocenters. The number of ketones is 1. The lowest BCUT2D eigenvalue weighted by Gasteiger charge is -2.08. The van der Waals surface area contributed by atoms with Crippen molar-refractivity contribution < 1.29 is 9.53 Å². The van der Waals surface area contributed by atoms with E-state index < -0.39 is 0 Å². The molecule has 0 atom stereocenters. The van der Waals surface area contributed by atoms with Gasteiger partial charge in [0.05, 0.1) is 13.5 Å². The summed E-state index contributed by atoms with van der Waals surface area (Å²) in [5.74, 6) is 1.82. The van der Waals surface area contributed by atoms with Crippen LogP contribution in [0.2, 0.25) is 0 Å². The molecule has 6 heteroatoms. The van der Waals surface area contributed by atoms with Crippen molar-refractivity contribution in [2.75, 3.05) is 7.11 Å². The van der Waals surface area contributed by atoms with Crippen molar-refractivity contribution in [2.24, 2.45) is 5.92 Å². The number of aromatic nitrogens is 3. The van der Waals surface area contributed by atoms with E-state index in [1.54, 1.807) is 17.9 Å². The van der Waals surface area contributed by atoms with Crippen LogP contribution in [0.15, 0.2) is 17.8 Å². The molecule has 0 spiro atoms. The largest absolute Gasteiger partial charge is 0.495 e. The van der Waals surface area contributed by atoms with Crippen molar-refractivity contribution in [3.63, 3.8) is 0 Å². The molecule has 0 saturated carbocycles. The highest BCUT2D eigenvalue weighted by atomic mass is 32.1. The van der Waals surface area contributed by atoms with Gasteiger partial charge in [-0.1, -0.05) is 13.8 Å². The topological polar surface area (TPSA) is 57.0 Å². The third-order valence-electron chi connectivity index (χ3n) is 2.65. The van der Waals surface area contributed by atoms with E-state index in [0.717, 1.165) is 6.54 Å². The molecule has 2 heterocycles. The number of nitrogens with zero attached hydrogens (tertiary/aromatic N) is 3. The van der Waals surface area contributed by atoms with Crippen LogP contribution in [-0.2, 0) is 13.0 Å². The van der Waals surface area contributed by atoms with Gasteiger partial charge in [0.25, 0.3) is 0 Å². The van der Waals surface area contributed by atoms with Crippen LogP contribution in [0.1, 0.15) is 29.3 Å². The molecule has 0 bridgehead atoms. The lowest BCUT2D eigenvalue weighted by molar-refractivity contribution is 0.0990. The zero-order chi connectivity index (χ0) is 13.8. The Morgan fingerprint density at radius 1 is 1.53 bits per heavy atom. The Morgan fingerprint density at radius 3 is 3.00 bits per heavy atom. The van der Waals surface area contributed by atoms with Gasteiger partial charge in [0, 0.05) is 6.54 Å². The molecular formula is C13H17N3O2S. The number of thiophene rings is 1. The monoisotopic (exact) mass is 279 g/mol. The molecule has 0 aliphatic rings. The van der Waals surface area contributed by atoms with Gasteiger partial charge in [-0.3, -0.25) is 4.79 Å². The molecule has 0 radical (unpaired) electrons. The van der Waals surface area contributed by atoms with Crippen LogP contribution in [0, 0.1) is 5.92 Å². The number of hydrogen-bond acceptors (Lipinski definition) is 5. The normalized spacial score (nSPS) is 10.9. The predicted molar refractivity (Wildman–Crippen MR) is 73.8 cm³/mol. The van der Waals surface area contributed by atoms with Gasteiger partial charge in [-0.15, -0.1) is 11.3 Å². The van der Waals surface area contributed by atoms with E-state index in [9.17, 15) is 4.79 Å². The Bertz CT molecular complexity index is 560.